The Labute approximate surface area is 75.9 Å². The van der Waals surface area contributed by atoms with E-state index in [2.05, 4.69) is 31.1 Å². The Kier molecular flexibility index (Phi) is 1.58. The Bertz CT molecular complexity index is 398. The second-order valence-electron chi connectivity index (χ2n) is 2.06. The number of rotatable bonds is 0. The van der Waals surface area contributed by atoms with E-state index in [-0.39, 0.29) is 0 Å². The summed E-state index contributed by atoms with van der Waals surface area (Å²) in [5.41, 5.74) is 0.807. The van der Waals surface area contributed by atoms with E-state index < -0.39 is 0 Å². The second kappa shape index (κ2) is 2.46. The number of pyridine rings is 1. The van der Waals surface area contributed by atoms with Crippen LogP contribution in [0.3, 0.4) is 0 Å². The molecule has 0 atom stereocenters. The van der Waals surface area contributed by atoms with Gasteiger partial charge in [-0.1, -0.05) is 11.6 Å². The second-order valence-corrected chi connectivity index (χ2v) is 3.24. The van der Waals surface area contributed by atoms with Crippen LogP contribution >= 0.6 is 27.5 Å². The van der Waals surface area contributed by atoms with Gasteiger partial charge < -0.3 is 0 Å². The minimum atomic E-state index is 0.472. The number of aromatic nitrogens is 3. The average molecular weight is 232 g/mol. The molecular weight excluding hydrogens is 229 g/mol. The van der Waals surface area contributed by atoms with Gasteiger partial charge in [0.15, 0.2) is 0 Å². The van der Waals surface area contributed by atoms with Crippen LogP contribution in [-0.4, -0.2) is 15.2 Å². The first-order valence-electron chi connectivity index (χ1n) is 2.92. The van der Waals surface area contributed by atoms with Crippen molar-refractivity contribution in [3.63, 3.8) is 0 Å². The molecule has 0 aliphatic carbocycles. The van der Waals surface area contributed by atoms with Crippen LogP contribution in [0.5, 0.6) is 0 Å². The summed E-state index contributed by atoms with van der Waals surface area (Å²) in [5, 5.41) is 8.16. The van der Waals surface area contributed by atoms with E-state index in [0.717, 1.165) is 15.5 Å². The highest BCUT2D eigenvalue weighted by atomic mass is 79.9. The van der Waals surface area contributed by atoms with E-state index in [1.165, 1.54) is 0 Å². The van der Waals surface area contributed by atoms with Crippen LogP contribution in [0, 0.1) is 0 Å². The van der Waals surface area contributed by atoms with Gasteiger partial charge in [-0.05, 0) is 22.0 Å². The van der Waals surface area contributed by atoms with Crippen molar-refractivity contribution in [2.24, 2.45) is 0 Å². The molecule has 0 amide bonds. The molecule has 3 nitrogen and oxygen atoms in total. The minimum Gasteiger partial charge on any atom is -0.270 e. The van der Waals surface area contributed by atoms with Gasteiger partial charge >= 0.3 is 0 Å². The molecule has 0 saturated heterocycles. The van der Waals surface area contributed by atoms with E-state index in [1.54, 1.807) is 12.3 Å². The van der Waals surface area contributed by atoms with Crippen LogP contribution in [0.1, 0.15) is 0 Å². The van der Waals surface area contributed by atoms with Crippen LogP contribution in [0.15, 0.2) is 16.9 Å². The number of H-pyrrole nitrogens is 1. The third-order valence-corrected chi connectivity index (χ3v) is 2.17. The molecular formula is C6H3BrClN3. The van der Waals surface area contributed by atoms with Crippen molar-refractivity contribution in [3.05, 3.63) is 22.0 Å². The maximum Gasteiger partial charge on any atom is 0.129 e. The lowest BCUT2D eigenvalue weighted by Crippen LogP contribution is -1.73. The molecule has 2 aromatic heterocycles. The van der Waals surface area contributed by atoms with Crippen molar-refractivity contribution in [1.29, 1.82) is 0 Å². The van der Waals surface area contributed by atoms with Crippen LogP contribution < -0.4 is 0 Å². The van der Waals surface area contributed by atoms with Gasteiger partial charge in [-0.2, -0.15) is 5.10 Å². The molecule has 2 heterocycles. The lowest BCUT2D eigenvalue weighted by atomic mass is 10.3. The molecule has 0 fully saturated rings. The number of nitrogens with zero attached hydrogens (tertiary/aromatic N) is 2. The molecule has 0 saturated carbocycles. The van der Waals surface area contributed by atoms with Crippen LogP contribution in [-0.2, 0) is 0 Å². The molecule has 0 aliphatic heterocycles. The first-order valence-corrected chi connectivity index (χ1v) is 4.09. The number of nitrogens with one attached hydrogen (secondary N) is 1. The predicted molar refractivity (Wildman–Crippen MR) is 46.6 cm³/mol. The molecule has 0 aliphatic rings. The molecule has 2 rings (SSSR count). The van der Waals surface area contributed by atoms with Crippen molar-refractivity contribution in [2.75, 3.05) is 0 Å². The van der Waals surface area contributed by atoms with Gasteiger partial charge in [0.1, 0.15) is 15.3 Å². The zero-order valence-electron chi connectivity index (χ0n) is 5.31. The summed E-state index contributed by atoms with van der Waals surface area (Å²) in [7, 11) is 0. The van der Waals surface area contributed by atoms with Crippen LogP contribution in [0.2, 0.25) is 5.15 Å². The number of aromatic amines is 1. The molecule has 0 unspecified atom stereocenters. The van der Waals surface area contributed by atoms with Gasteiger partial charge in [0.2, 0.25) is 0 Å². The molecule has 0 aromatic carbocycles. The third-order valence-electron chi connectivity index (χ3n) is 1.36. The van der Waals surface area contributed by atoms with Crippen molar-refractivity contribution in [3.8, 4) is 0 Å². The van der Waals surface area contributed by atoms with Crippen LogP contribution in [0.25, 0.3) is 10.9 Å². The fraction of sp³-hybridized carbons (Fsp3) is 0. The largest absolute Gasteiger partial charge is 0.270 e. The summed E-state index contributed by atoms with van der Waals surface area (Å²) in [5.74, 6) is 0. The molecule has 2 aromatic rings. The fourth-order valence-electron chi connectivity index (χ4n) is 0.857. The maximum absolute atomic E-state index is 5.67. The highest BCUT2D eigenvalue weighted by Gasteiger charge is 2.02. The van der Waals surface area contributed by atoms with E-state index in [9.17, 15) is 0 Å². The monoisotopic (exact) mass is 231 g/mol. The number of hydrogen-bond donors (Lipinski definition) is 1. The molecule has 5 heteroatoms. The lowest BCUT2D eigenvalue weighted by Gasteiger charge is -1.87. The van der Waals surface area contributed by atoms with E-state index in [0.29, 0.717) is 5.15 Å². The number of halogens is 2. The quantitative estimate of drug-likeness (QED) is 0.709. The molecule has 1 N–H and O–H groups in total. The van der Waals surface area contributed by atoms with Gasteiger partial charge in [-0.15, -0.1) is 0 Å². The van der Waals surface area contributed by atoms with E-state index in [1.807, 2.05) is 0 Å². The van der Waals surface area contributed by atoms with Gasteiger partial charge in [0.25, 0.3) is 0 Å². The summed E-state index contributed by atoms with van der Waals surface area (Å²) >= 11 is 8.97. The maximum atomic E-state index is 5.67. The molecule has 0 spiro atoms. The lowest BCUT2D eigenvalue weighted by molar-refractivity contribution is 1.09. The predicted octanol–water partition coefficient (Wildman–Crippen LogP) is 2.37. The molecule has 56 valence electrons. The summed E-state index contributed by atoms with van der Waals surface area (Å²) < 4.78 is 0.830. The highest BCUT2D eigenvalue weighted by molar-refractivity contribution is 9.10. The van der Waals surface area contributed by atoms with Crippen molar-refractivity contribution in [1.82, 2.24) is 15.2 Å². The first-order chi connectivity index (χ1) is 5.27. The van der Waals surface area contributed by atoms with E-state index in [4.69, 9.17) is 11.6 Å². The van der Waals surface area contributed by atoms with Gasteiger partial charge in [0.05, 0.1) is 6.20 Å². The zero-order valence-corrected chi connectivity index (χ0v) is 7.65. The number of hydrogen-bond acceptors (Lipinski definition) is 2. The Hall–Kier alpha value is -0.610. The summed E-state index contributed by atoms with van der Waals surface area (Å²) in [6.07, 6.45) is 1.62. The smallest absolute Gasteiger partial charge is 0.129 e. The summed E-state index contributed by atoms with van der Waals surface area (Å²) in [6, 6.07) is 1.75. The van der Waals surface area contributed by atoms with Gasteiger partial charge in [0, 0.05) is 5.39 Å². The standard InChI is InChI=1S/C6H3BrClN3/c7-6-3-1-5(8)9-2-4(3)10-11-6/h1-2H,(H,10,11). The van der Waals surface area contributed by atoms with Crippen LogP contribution in [0.4, 0.5) is 0 Å². The molecule has 11 heavy (non-hydrogen) atoms. The normalized spacial score (nSPS) is 10.7. The Morgan fingerprint density at radius 1 is 1.55 bits per heavy atom. The summed E-state index contributed by atoms with van der Waals surface area (Å²) in [4.78, 5) is 3.88. The highest BCUT2D eigenvalue weighted by Crippen LogP contribution is 2.21. The SMILES string of the molecule is Clc1cc2c(Br)[nH]nc2cn1. The topological polar surface area (TPSA) is 41.6 Å². The minimum absolute atomic E-state index is 0.472. The van der Waals surface area contributed by atoms with Crippen molar-refractivity contribution < 1.29 is 0 Å². The van der Waals surface area contributed by atoms with Gasteiger partial charge in [-0.3, -0.25) is 5.10 Å². The zero-order chi connectivity index (χ0) is 7.84. The number of fused-ring (bicyclic) bond motifs is 1. The Balaban J connectivity index is 2.87. The van der Waals surface area contributed by atoms with Crippen molar-refractivity contribution >= 4 is 38.4 Å². The Morgan fingerprint density at radius 2 is 2.36 bits per heavy atom. The Morgan fingerprint density at radius 3 is 3.18 bits per heavy atom. The third kappa shape index (κ3) is 1.12. The van der Waals surface area contributed by atoms with Gasteiger partial charge in [-0.25, -0.2) is 4.98 Å². The van der Waals surface area contributed by atoms with E-state index >= 15 is 0 Å². The molecule has 0 bridgehead atoms. The average Bonchev–Trinajstić information content (AvgIpc) is 2.33. The summed E-state index contributed by atoms with van der Waals surface area (Å²) in [6.45, 7) is 0. The van der Waals surface area contributed by atoms with Crippen molar-refractivity contribution in [2.45, 2.75) is 0 Å². The fourth-order valence-corrected chi connectivity index (χ4v) is 1.42. The molecule has 0 radical (unpaired) electrons. The first kappa shape index (κ1) is 7.06.